The van der Waals surface area contributed by atoms with Crippen LogP contribution in [-0.2, 0) is 0 Å². The third-order valence-corrected chi connectivity index (χ3v) is 4.52. The predicted octanol–water partition coefficient (Wildman–Crippen LogP) is 4.72. The lowest BCUT2D eigenvalue weighted by Crippen LogP contribution is -2.15. The van der Waals surface area contributed by atoms with E-state index in [0.717, 1.165) is 11.1 Å². The van der Waals surface area contributed by atoms with Crippen LogP contribution in [0.15, 0.2) is 72.9 Å². The summed E-state index contributed by atoms with van der Waals surface area (Å²) < 4.78 is 14.6. The van der Waals surface area contributed by atoms with Gasteiger partial charge < -0.3 is 10.4 Å². The summed E-state index contributed by atoms with van der Waals surface area (Å²) in [5.74, 6) is 0.568. The number of aryl methyl sites for hydroxylation is 1. The highest BCUT2D eigenvalue weighted by atomic mass is 19.1. The number of benzene rings is 2. The molecule has 1 atom stereocenters. The molecule has 27 heavy (non-hydrogen) atoms. The van der Waals surface area contributed by atoms with Crippen LogP contribution in [0.1, 0.15) is 22.9 Å². The molecule has 0 saturated carbocycles. The first-order chi connectivity index (χ1) is 13.1. The first kappa shape index (κ1) is 17.0. The van der Waals surface area contributed by atoms with Gasteiger partial charge >= 0.3 is 0 Å². The summed E-state index contributed by atoms with van der Waals surface area (Å²) in [7, 11) is 0. The third kappa shape index (κ3) is 3.31. The van der Waals surface area contributed by atoms with Crippen LogP contribution >= 0.6 is 0 Å². The van der Waals surface area contributed by atoms with Gasteiger partial charge in [0.25, 0.3) is 5.75 Å². The molecule has 0 radical (unpaired) electrons. The summed E-state index contributed by atoms with van der Waals surface area (Å²) in [5.41, 5.74) is 2.56. The normalized spacial score (nSPS) is 12.1. The van der Waals surface area contributed by atoms with Gasteiger partial charge in [-0.2, -0.15) is 0 Å². The van der Waals surface area contributed by atoms with Crippen LogP contribution in [0.3, 0.4) is 0 Å². The van der Waals surface area contributed by atoms with Gasteiger partial charge in [0.15, 0.2) is 5.52 Å². The van der Waals surface area contributed by atoms with Crippen molar-refractivity contribution < 1.29 is 9.50 Å². The fourth-order valence-electron chi connectivity index (χ4n) is 3.17. The second-order valence-corrected chi connectivity index (χ2v) is 6.37. The van der Waals surface area contributed by atoms with Crippen molar-refractivity contribution in [1.82, 2.24) is 9.97 Å². The summed E-state index contributed by atoms with van der Waals surface area (Å²) in [6, 6.07) is 19.2. The van der Waals surface area contributed by atoms with Crippen molar-refractivity contribution in [1.29, 1.82) is 0 Å². The third-order valence-electron chi connectivity index (χ3n) is 4.52. The Bertz CT molecular complexity index is 1100. The van der Waals surface area contributed by atoms with Crippen molar-refractivity contribution in [2.45, 2.75) is 13.0 Å². The van der Waals surface area contributed by atoms with Crippen LogP contribution in [0.2, 0.25) is 0 Å². The molecule has 134 valence electrons. The highest BCUT2D eigenvalue weighted by Crippen LogP contribution is 2.37. The van der Waals surface area contributed by atoms with E-state index in [1.807, 2.05) is 49.4 Å². The fraction of sp³-hybridized carbons (Fsp3) is 0.0909. The monoisotopic (exact) mass is 360 g/mol. The van der Waals surface area contributed by atoms with Gasteiger partial charge in [-0.1, -0.05) is 36.4 Å². The zero-order valence-electron chi connectivity index (χ0n) is 14.8. The molecule has 3 N–H and O–H groups in total. The predicted molar refractivity (Wildman–Crippen MR) is 106 cm³/mol. The van der Waals surface area contributed by atoms with E-state index in [2.05, 4.69) is 15.3 Å². The summed E-state index contributed by atoms with van der Waals surface area (Å²) >= 11 is 0. The molecule has 4 aromatic rings. The molecule has 4 nitrogen and oxygen atoms in total. The quantitative estimate of drug-likeness (QED) is 0.536. The topological polar surface area (TPSA) is 60.7 Å². The second-order valence-electron chi connectivity index (χ2n) is 6.37. The van der Waals surface area contributed by atoms with Crippen LogP contribution in [0.4, 0.5) is 10.2 Å². The molecule has 0 fully saturated rings. The minimum atomic E-state index is -0.555. The highest BCUT2D eigenvalue weighted by Gasteiger charge is 2.25. The lowest BCUT2D eigenvalue weighted by atomic mass is 9.95. The maximum Gasteiger partial charge on any atom is 0.286 e. The van der Waals surface area contributed by atoms with Gasteiger partial charge in [0.1, 0.15) is 11.6 Å². The average molecular weight is 360 g/mol. The van der Waals surface area contributed by atoms with Crippen LogP contribution in [0.25, 0.3) is 10.9 Å². The molecule has 0 aliphatic rings. The molecule has 4 rings (SSSR count). The van der Waals surface area contributed by atoms with E-state index in [9.17, 15) is 4.39 Å². The largest absolute Gasteiger partial charge is 0.592 e. The van der Waals surface area contributed by atoms with E-state index >= 15 is 0 Å². The summed E-state index contributed by atoms with van der Waals surface area (Å²) in [5, 5.41) is 12.9. The number of nitrogens with one attached hydrogen (secondary N) is 1. The Morgan fingerprint density at radius 2 is 1.70 bits per heavy atom. The molecular formula is C22H19FN3O+. The first-order valence-electron chi connectivity index (χ1n) is 8.67. The van der Waals surface area contributed by atoms with Crippen molar-refractivity contribution in [3.8, 4) is 5.75 Å². The Hall–Kier alpha value is -3.47. The molecule has 0 amide bonds. The number of pyridine rings is 2. The second kappa shape index (κ2) is 7.03. The molecule has 2 aromatic heterocycles. The zero-order valence-corrected chi connectivity index (χ0v) is 14.8. The van der Waals surface area contributed by atoms with Crippen LogP contribution in [0.5, 0.6) is 5.75 Å². The van der Waals surface area contributed by atoms with E-state index in [-0.39, 0.29) is 11.6 Å². The minimum Gasteiger partial charge on any atom is -0.592 e. The highest BCUT2D eigenvalue weighted by molar-refractivity contribution is 5.86. The number of hydrogen-bond acceptors (Lipinski definition) is 3. The Balaban J connectivity index is 1.89. The fourth-order valence-corrected chi connectivity index (χ4v) is 3.17. The first-order valence-corrected chi connectivity index (χ1v) is 8.67. The molecule has 0 aliphatic heterocycles. The Morgan fingerprint density at radius 1 is 0.926 bits per heavy atom. The Morgan fingerprint density at radius 3 is 2.48 bits per heavy atom. The van der Waals surface area contributed by atoms with E-state index < -0.39 is 6.04 Å². The Kier molecular flexibility index (Phi) is 4.42. The molecule has 0 bridgehead atoms. The lowest BCUT2D eigenvalue weighted by Gasteiger charge is -2.21. The molecule has 2 heterocycles. The van der Waals surface area contributed by atoms with Crippen molar-refractivity contribution >= 4 is 16.7 Å². The number of hydrogen-bond donors (Lipinski definition) is 1. The molecular weight excluding hydrogens is 341 g/mol. The summed E-state index contributed by atoms with van der Waals surface area (Å²) in [6.07, 6.45) is 1.67. The minimum absolute atomic E-state index is 0.285. The summed E-state index contributed by atoms with van der Waals surface area (Å²) in [6.45, 7) is 1.89. The van der Waals surface area contributed by atoms with Crippen LogP contribution in [0, 0.1) is 12.7 Å². The molecule has 5 heteroatoms. The van der Waals surface area contributed by atoms with Gasteiger partial charge in [-0.15, -0.1) is 0 Å². The van der Waals surface area contributed by atoms with Crippen molar-refractivity contribution in [2.75, 3.05) is 5.32 Å². The SMILES string of the molecule is Cc1ccc2ccc(C(Nc3ccccn3)c3ccccc3F)c([OH2+])c2n1. The van der Waals surface area contributed by atoms with E-state index in [1.165, 1.54) is 6.07 Å². The zero-order chi connectivity index (χ0) is 18.8. The Labute approximate surface area is 156 Å². The van der Waals surface area contributed by atoms with Crippen molar-refractivity contribution in [3.05, 3.63) is 95.6 Å². The number of rotatable bonds is 4. The molecule has 0 spiro atoms. The van der Waals surface area contributed by atoms with E-state index in [0.29, 0.717) is 22.5 Å². The maximum absolute atomic E-state index is 14.6. The number of aromatic nitrogens is 2. The summed E-state index contributed by atoms with van der Waals surface area (Å²) in [4.78, 5) is 8.81. The van der Waals surface area contributed by atoms with Crippen LogP contribution < -0.4 is 5.32 Å². The number of halogens is 1. The number of nitrogens with zero attached hydrogens (tertiary/aromatic N) is 2. The van der Waals surface area contributed by atoms with Gasteiger partial charge in [-0.05, 0) is 37.3 Å². The lowest BCUT2D eigenvalue weighted by molar-refractivity contribution is 0.470. The van der Waals surface area contributed by atoms with Crippen LogP contribution in [-0.4, -0.2) is 15.1 Å². The van der Waals surface area contributed by atoms with Gasteiger partial charge in [0.05, 0.1) is 11.6 Å². The van der Waals surface area contributed by atoms with Gasteiger partial charge in [-0.25, -0.2) is 14.4 Å². The van der Waals surface area contributed by atoms with Crippen molar-refractivity contribution in [2.24, 2.45) is 0 Å². The van der Waals surface area contributed by atoms with Gasteiger partial charge in [0, 0.05) is 22.8 Å². The average Bonchev–Trinajstić information content (AvgIpc) is 2.69. The van der Waals surface area contributed by atoms with Crippen molar-refractivity contribution in [3.63, 3.8) is 0 Å². The molecule has 0 aliphatic carbocycles. The van der Waals surface area contributed by atoms with Gasteiger partial charge in [-0.3, -0.25) is 0 Å². The molecule has 2 aromatic carbocycles. The van der Waals surface area contributed by atoms with E-state index in [1.54, 1.807) is 24.4 Å². The smallest absolute Gasteiger partial charge is 0.286 e. The molecule has 0 saturated heterocycles. The standard InChI is InChI=1S/C22H18FN3O/c1-14-9-10-15-11-12-17(22(27)20(15)25-14)21(16-6-2-3-7-18(16)23)26-19-8-4-5-13-24-19/h2-13,21,27H,1H3,(H,24,26)/p+1. The maximum atomic E-state index is 14.6. The number of anilines is 1. The number of fused-ring (bicyclic) bond motifs is 1. The van der Waals surface area contributed by atoms with E-state index in [4.69, 9.17) is 5.11 Å². The van der Waals surface area contributed by atoms with Gasteiger partial charge in [0.2, 0.25) is 0 Å². The molecule has 1 unspecified atom stereocenters.